The summed E-state index contributed by atoms with van der Waals surface area (Å²) < 4.78 is 25.2. The van der Waals surface area contributed by atoms with Gasteiger partial charge in [-0.15, -0.1) is 0 Å². The van der Waals surface area contributed by atoms with Gasteiger partial charge in [0.2, 0.25) is 10.0 Å². The van der Waals surface area contributed by atoms with Crippen LogP contribution in [0.1, 0.15) is 0 Å². The van der Waals surface area contributed by atoms with E-state index in [1.807, 2.05) is 47.0 Å². The minimum Gasteiger partial charge on any atom is -0.277 e. The van der Waals surface area contributed by atoms with E-state index in [2.05, 4.69) is 29.2 Å². The van der Waals surface area contributed by atoms with E-state index in [4.69, 9.17) is 10.1 Å². The molecule has 0 spiro atoms. The number of imidazole rings is 1. The van der Waals surface area contributed by atoms with Gasteiger partial charge >= 0.3 is 0 Å². The lowest BCUT2D eigenvalue weighted by molar-refractivity contribution is 0.598. The van der Waals surface area contributed by atoms with Crippen LogP contribution >= 0.6 is 11.8 Å². The lowest BCUT2D eigenvalue weighted by atomic mass is 10.2. The van der Waals surface area contributed by atoms with Crippen molar-refractivity contribution in [1.29, 1.82) is 0 Å². The van der Waals surface area contributed by atoms with Crippen LogP contribution in [-0.4, -0.2) is 23.0 Å². The number of sulfonamides is 1. The van der Waals surface area contributed by atoms with Crippen molar-refractivity contribution in [1.82, 2.24) is 14.5 Å². The Labute approximate surface area is 189 Å². The summed E-state index contributed by atoms with van der Waals surface area (Å²) in [6.07, 6.45) is 1.73. The molecule has 0 saturated carbocycles. The Morgan fingerprint density at radius 3 is 2.16 bits per heavy atom. The van der Waals surface area contributed by atoms with Gasteiger partial charge in [-0.25, -0.2) is 23.5 Å². The number of benzene rings is 3. The zero-order chi connectivity index (χ0) is 22.1. The standard InChI is InChI=1S/C24H18N4O2S2/c25-32(29,30)21-14-8-17(9-15-21)23-27-22-7-4-16-26-24(22)28(23)18-10-12-20(13-11-18)31-19-5-2-1-3-6-19/h1-16H,(H2,25,29,30). The predicted octanol–water partition coefficient (Wildman–Crippen LogP) is 4.89. The van der Waals surface area contributed by atoms with E-state index >= 15 is 0 Å². The molecule has 0 aliphatic heterocycles. The molecule has 2 N–H and O–H groups in total. The molecule has 2 heterocycles. The lowest BCUT2D eigenvalue weighted by Crippen LogP contribution is -2.11. The van der Waals surface area contributed by atoms with Gasteiger partial charge in [0.25, 0.3) is 0 Å². The van der Waals surface area contributed by atoms with E-state index in [0.29, 0.717) is 5.82 Å². The van der Waals surface area contributed by atoms with Crippen molar-refractivity contribution in [2.45, 2.75) is 14.7 Å². The molecule has 8 heteroatoms. The number of primary sulfonamides is 1. The summed E-state index contributed by atoms with van der Waals surface area (Å²) in [4.78, 5) is 11.6. The molecule has 0 aliphatic carbocycles. The molecule has 5 aromatic rings. The lowest BCUT2D eigenvalue weighted by Gasteiger charge is -2.10. The van der Waals surface area contributed by atoms with Crippen molar-refractivity contribution >= 4 is 32.9 Å². The summed E-state index contributed by atoms with van der Waals surface area (Å²) in [5, 5.41) is 5.24. The molecular formula is C24H18N4O2S2. The predicted molar refractivity (Wildman–Crippen MR) is 126 cm³/mol. The van der Waals surface area contributed by atoms with Crippen LogP contribution in [0.2, 0.25) is 0 Å². The highest BCUT2D eigenvalue weighted by Crippen LogP contribution is 2.31. The number of nitrogens with two attached hydrogens (primary N) is 1. The Balaban J connectivity index is 1.58. The zero-order valence-electron chi connectivity index (χ0n) is 16.8. The van der Waals surface area contributed by atoms with Crippen molar-refractivity contribution in [2.75, 3.05) is 0 Å². The Morgan fingerprint density at radius 1 is 0.781 bits per heavy atom. The highest BCUT2D eigenvalue weighted by atomic mass is 32.2. The van der Waals surface area contributed by atoms with Crippen molar-refractivity contribution < 1.29 is 8.42 Å². The van der Waals surface area contributed by atoms with Gasteiger partial charge in [0, 0.05) is 27.2 Å². The molecule has 32 heavy (non-hydrogen) atoms. The number of nitrogens with zero attached hydrogens (tertiary/aromatic N) is 3. The maximum absolute atomic E-state index is 11.6. The summed E-state index contributed by atoms with van der Waals surface area (Å²) >= 11 is 1.69. The van der Waals surface area contributed by atoms with Gasteiger partial charge in [-0.3, -0.25) is 4.57 Å². The molecule has 158 valence electrons. The normalized spacial score (nSPS) is 11.7. The fraction of sp³-hybridized carbons (Fsp3) is 0. The second-order valence-electron chi connectivity index (χ2n) is 7.10. The van der Waals surface area contributed by atoms with Gasteiger partial charge in [-0.05, 0) is 72.8 Å². The van der Waals surface area contributed by atoms with Gasteiger partial charge in [-0.1, -0.05) is 30.0 Å². The van der Waals surface area contributed by atoms with E-state index in [-0.39, 0.29) is 4.90 Å². The first-order chi connectivity index (χ1) is 15.5. The van der Waals surface area contributed by atoms with Crippen LogP contribution in [0.4, 0.5) is 0 Å². The molecule has 0 aliphatic rings. The Kier molecular flexibility index (Phi) is 5.26. The third kappa shape index (κ3) is 4.03. The molecule has 0 amide bonds. The molecule has 0 fully saturated rings. The van der Waals surface area contributed by atoms with Crippen molar-refractivity contribution in [2.24, 2.45) is 5.14 Å². The highest BCUT2D eigenvalue weighted by Gasteiger charge is 2.16. The largest absolute Gasteiger partial charge is 0.277 e. The van der Waals surface area contributed by atoms with Gasteiger partial charge in [-0.2, -0.15) is 0 Å². The van der Waals surface area contributed by atoms with Gasteiger partial charge < -0.3 is 0 Å². The minimum absolute atomic E-state index is 0.0596. The second-order valence-corrected chi connectivity index (χ2v) is 9.80. The summed E-state index contributed by atoms with van der Waals surface area (Å²) in [6, 6.07) is 28.5. The molecule has 0 unspecified atom stereocenters. The first-order valence-electron chi connectivity index (χ1n) is 9.79. The van der Waals surface area contributed by atoms with Crippen LogP contribution < -0.4 is 5.14 Å². The average molecular weight is 459 g/mol. The number of hydrogen-bond donors (Lipinski definition) is 1. The Bertz CT molecular complexity index is 1500. The monoisotopic (exact) mass is 458 g/mol. The van der Waals surface area contributed by atoms with Gasteiger partial charge in [0.1, 0.15) is 11.3 Å². The van der Waals surface area contributed by atoms with Gasteiger partial charge in [0.15, 0.2) is 5.65 Å². The molecule has 0 atom stereocenters. The summed E-state index contributed by atoms with van der Waals surface area (Å²) in [7, 11) is -3.76. The van der Waals surface area contributed by atoms with E-state index < -0.39 is 10.0 Å². The van der Waals surface area contributed by atoms with E-state index in [0.717, 1.165) is 27.3 Å². The highest BCUT2D eigenvalue weighted by molar-refractivity contribution is 7.99. The number of hydrogen-bond acceptors (Lipinski definition) is 5. The van der Waals surface area contributed by atoms with Crippen LogP contribution in [0.25, 0.3) is 28.2 Å². The first-order valence-corrected chi connectivity index (χ1v) is 12.2. The zero-order valence-corrected chi connectivity index (χ0v) is 18.4. The maximum atomic E-state index is 11.6. The molecule has 0 bridgehead atoms. The molecule has 0 saturated heterocycles. The van der Waals surface area contributed by atoms with Crippen molar-refractivity contribution in [3.05, 3.63) is 97.2 Å². The molecule has 6 nitrogen and oxygen atoms in total. The minimum atomic E-state index is -3.76. The molecule has 3 aromatic carbocycles. The SMILES string of the molecule is NS(=O)(=O)c1ccc(-c2nc3cccnc3n2-c2ccc(Sc3ccccc3)cc2)cc1. The summed E-state index contributed by atoms with van der Waals surface area (Å²) in [5.41, 5.74) is 3.15. The van der Waals surface area contributed by atoms with Crippen LogP contribution in [0.5, 0.6) is 0 Å². The van der Waals surface area contributed by atoms with Crippen molar-refractivity contribution in [3.8, 4) is 17.1 Å². The number of pyridine rings is 1. The third-order valence-corrected chi connectivity index (χ3v) is 6.88. The van der Waals surface area contributed by atoms with Crippen LogP contribution in [0.15, 0.2) is 112 Å². The van der Waals surface area contributed by atoms with Gasteiger partial charge in [0.05, 0.1) is 4.90 Å². The van der Waals surface area contributed by atoms with Crippen molar-refractivity contribution in [3.63, 3.8) is 0 Å². The number of fused-ring (bicyclic) bond motifs is 1. The molecule has 0 radical (unpaired) electrons. The van der Waals surface area contributed by atoms with E-state index in [9.17, 15) is 8.42 Å². The van der Waals surface area contributed by atoms with E-state index in [1.54, 1.807) is 30.1 Å². The molecule has 5 rings (SSSR count). The summed E-state index contributed by atoms with van der Waals surface area (Å²) in [6.45, 7) is 0. The number of aromatic nitrogens is 3. The van der Waals surface area contributed by atoms with Crippen LogP contribution in [0, 0.1) is 0 Å². The fourth-order valence-corrected chi connectivity index (χ4v) is 4.79. The van der Waals surface area contributed by atoms with Crippen LogP contribution in [-0.2, 0) is 10.0 Å². The Hall–Kier alpha value is -3.46. The van der Waals surface area contributed by atoms with E-state index in [1.165, 1.54) is 17.0 Å². The molecule has 2 aromatic heterocycles. The number of rotatable bonds is 5. The maximum Gasteiger partial charge on any atom is 0.238 e. The van der Waals surface area contributed by atoms with Crippen LogP contribution in [0.3, 0.4) is 0 Å². The fourth-order valence-electron chi connectivity index (χ4n) is 3.43. The quantitative estimate of drug-likeness (QED) is 0.405. The smallest absolute Gasteiger partial charge is 0.238 e. The Morgan fingerprint density at radius 2 is 1.47 bits per heavy atom. The first kappa shape index (κ1) is 20.4. The topological polar surface area (TPSA) is 90.9 Å². The second kappa shape index (κ2) is 8.23. The summed E-state index contributed by atoms with van der Waals surface area (Å²) in [5.74, 6) is 0.670. The molecular weight excluding hydrogens is 440 g/mol. The average Bonchev–Trinajstić information content (AvgIpc) is 3.19. The third-order valence-electron chi connectivity index (χ3n) is 4.93.